The van der Waals surface area contributed by atoms with E-state index in [2.05, 4.69) is 5.32 Å². The fourth-order valence-electron chi connectivity index (χ4n) is 3.29. The third-order valence-electron chi connectivity index (χ3n) is 5.03. The predicted octanol–water partition coefficient (Wildman–Crippen LogP) is 3.82. The van der Waals surface area contributed by atoms with E-state index in [1.807, 2.05) is 56.3 Å². The second kappa shape index (κ2) is 9.97. The number of hydrogen-bond acceptors (Lipinski definition) is 6. The van der Waals surface area contributed by atoms with Crippen LogP contribution in [0.1, 0.15) is 31.1 Å². The van der Waals surface area contributed by atoms with Crippen molar-refractivity contribution in [3.8, 4) is 22.8 Å². The van der Waals surface area contributed by atoms with E-state index in [-0.39, 0.29) is 12.5 Å². The number of hydrogen-bond donors (Lipinski definition) is 2. The van der Waals surface area contributed by atoms with Gasteiger partial charge < -0.3 is 24.6 Å². The summed E-state index contributed by atoms with van der Waals surface area (Å²) in [6, 6.07) is 14.8. The highest BCUT2D eigenvalue weighted by Crippen LogP contribution is 2.33. The molecule has 1 unspecified atom stereocenters. The molecule has 2 N–H and O–H groups in total. The maximum atomic E-state index is 13.2. The van der Waals surface area contributed by atoms with Gasteiger partial charge in [0.25, 0.3) is 5.91 Å². The first-order valence-corrected chi connectivity index (χ1v) is 10.5. The third kappa shape index (κ3) is 5.55. The van der Waals surface area contributed by atoms with Gasteiger partial charge in [0.1, 0.15) is 0 Å². The Morgan fingerprint density at radius 3 is 2.50 bits per heavy atom. The van der Waals surface area contributed by atoms with Gasteiger partial charge in [-0.1, -0.05) is 18.2 Å². The zero-order chi connectivity index (χ0) is 23.3. The molecule has 0 spiro atoms. The molecular weight excluding hydrogens is 408 g/mol. The summed E-state index contributed by atoms with van der Waals surface area (Å²) >= 11 is 0. The number of para-hydroxylation sites is 1. The Bertz CT molecular complexity index is 1090. The highest BCUT2D eigenvalue weighted by atomic mass is 16.5. The minimum absolute atomic E-state index is 0.199. The van der Waals surface area contributed by atoms with Crippen molar-refractivity contribution in [1.82, 2.24) is 10.3 Å². The maximum absolute atomic E-state index is 13.2. The number of benzene rings is 2. The van der Waals surface area contributed by atoms with Crippen molar-refractivity contribution in [3.05, 3.63) is 54.1 Å². The Kier molecular flexibility index (Phi) is 7.33. The summed E-state index contributed by atoms with van der Waals surface area (Å²) in [5, 5.41) is 13.2. The van der Waals surface area contributed by atoms with Crippen LogP contribution in [0.2, 0.25) is 0 Å². The number of nitrogens with one attached hydrogen (secondary N) is 1. The highest BCUT2D eigenvalue weighted by molar-refractivity contribution is 6.07. The molecule has 170 valence electrons. The molecule has 32 heavy (non-hydrogen) atoms. The molecule has 0 bridgehead atoms. The fourth-order valence-corrected chi connectivity index (χ4v) is 3.29. The van der Waals surface area contributed by atoms with Crippen molar-refractivity contribution in [1.29, 1.82) is 0 Å². The summed E-state index contributed by atoms with van der Waals surface area (Å²) in [6.07, 6.45) is -0.571. The second-order valence-corrected chi connectivity index (χ2v) is 8.24. The lowest BCUT2D eigenvalue weighted by molar-refractivity contribution is -0.0523. The van der Waals surface area contributed by atoms with Gasteiger partial charge in [-0.15, -0.1) is 0 Å². The number of carbonyl (C=O) groups excluding carboxylic acids is 1. The molecule has 3 aromatic rings. The summed E-state index contributed by atoms with van der Waals surface area (Å²) in [6.45, 7) is 5.89. The number of amides is 1. The number of nitrogens with zero attached hydrogens (tertiary/aromatic N) is 1. The summed E-state index contributed by atoms with van der Waals surface area (Å²) in [7, 11) is 3.16. The Morgan fingerprint density at radius 1 is 1.09 bits per heavy atom. The van der Waals surface area contributed by atoms with Gasteiger partial charge in [0.2, 0.25) is 0 Å². The van der Waals surface area contributed by atoms with Gasteiger partial charge in [-0.05, 0) is 51.1 Å². The SMILES string of the molecule is COc1ccc(-c2cc(C(=O)NCC(C)(C)OCC(C)O)c3ccccc3n2)cc1OC. The average molecular weight is 439 g/mol. The van der Waals surface area contributed by atoms with Gasteiger partial charge in [0.15, 0.2) is 11.5 Å². The molecule has 3 rings (SSSR count). The Balaban J connectivity index is 1.94. The molecular formula is C25H30N2O5. The third-order valence-corrected chi connectivity index (χ3v) is 5.03. The van der Waals surface area contributed by atoms with Gasteiger partial charge in [0.05, 0.1) is 49.3 Å². The van der Waals surface area contributed by atoms with E-state index in [0.717, 1.165) is 16.5 Å². The molecule has 1 amide bonds. The number of fused-ring (bicyclic) bond motifs is 1. The van der Waals surface area contributed by atoms with Crippen molar-refractivity contribution >= 4 is 16.8 Å². The second-order valence-electron chi connectivity index (χ2n) is 8.24. The van der Waals surface area contributed by atoms with E-state index >= 15 is 0 Å². The van der Waals surface area contributed by atoms with Crippen LogP contribution in [0.4, 0.5) is 0 Å². The van der Waals surface area contributed by atoms with Crippen LogP contribution in [0.15, 0.2) is 48.5 Å². The van der Waals surface area contributed by atoms with Crippen LogP contribution in [0.3, 0.4) is 0 Å². The quantitative estimate of drug-likeness (QED) is 0.528. The van der Waals surface area contributed by atoms with E-state index in [1.165, 1.54) is 0 Å². The van der Waals surface area contributed by atoms with Crippen molar-refractivity contribution in [2.45, 2.75) is 32.5 Å². The Labute approximate surface area is 188 Å². The minimum Gasteiger partial charge on any atom is -0.493 e. The molecule has 0 aliphatic rings. The van der Waals surface area contributed by atoms with Crippen LogP contribution in [0.5, 0.6) is 11.5 Å². The first kappa shape index (κ1) is 23.5. The molecule has 1 heterocycles. The minimum atomic E-state index is -0.623. The average Bonchev–Trinajstić information content (AvgIpc) is 2.80. The number of pyridine rings is 1. The van der Waals surface area contributed by atoms with E-state index < -0.39 is 11.7 Å². The van der Waals surface area contributed by atoms with Crippen LogP contribution < -0.4 is 14.8 Å². The molecule has 1 atom stereocenters. The van der Waals surface area contributed by atoms with E-state index in [9.17, 15) is 9.90 Å². The van der Waals surface area contributed by atoms with Crippen molar-refractivity contribution < 1.29 is 24.1 Å². The van der Waals surface area contributed by atoms with Gasteiger partial charge >= 0.3 is 0 Å². The topological polar surface area (TPSA) is 89.9 Å². The molecule has 0 fully saturated rings. The zero-order valence-electron chi connectivity index (χ0n) is 19.1. The molecule has 0 aliphatic carbocycles. The zero-order valence-corrected chi connectivity index (χ0v) is 19.1. The number of aromatic nitrogens is 1. The number of rotatable bonds is 9. The molecule has 2 aromatic carbocycles. The smallest absolute Gasteiger partial charge is 0.252 e. The highest BCUT2D eigenvalue weighted by Gasteiger charge is 2.22. The van der Waals surface area contributed by atoms with Gasteiger partial charge in [0, 0.05) is 17.5 Å². The maximum Gasteiger partial charge on any atom is 0.252 e. The largest absolute Gasteiger partial charge is 0.493 e. The number of carbonyl (C=O) groups is 1. The molecule has 0 aliphatic heterocycles. The monoisotopic (exact) mass is 438 g/mol. The van der Waals surface area contributed by atoms with E-state index in [1.54, 1.807) is 27.2 Å². The van der Waals surface area contributed by atoms with Crippen LogP contribution in [0.25, 0.3) is 22.2 Å². The van der Waals surface area contributed by atoms with Crippen LogP contribution >= 0.6 is 0 Å². The summed E-state index contributed by atoms with van der Waals surface area (Å²) < 4.78 is 16.4. The molecule has 0 saturated carbocycles. The molecule has 0 saturated heterocycles. The number of methoxy groups -OCH3 is 2. The van der Waals surface area contributed by atoms with E-state index in [0.29, 0.717) is 29.3 Å². The lowest BCUT2D eigenvalue weighted by Gasteiger charge is -2.26. The van der Waals surface area contributed by atoms with Gasteiger partial charge in [-0.25, -0.2) is 4.98 Å². The fraction of sp³-hybridized carbons (Fsp3) is 0.360. The number of ether oxygens (including phenoxy) is 3. The predicted molar refractivity (Wildman–Crippen MR) is 124 cm³/mol. The van der Waals surface area contributed by atoms with Crippen molar-refractivity contribution in [2.75, 3.05) is 27.4 Å². The van der Waals surface area contributed by atoms with Crippen LogP contribution in [-0.2, 0) is 4.74 Å². The van der Waals surface area contributed by atoms with E-state index in [4.69, 9.17) is 19.2 Å². The van der Waals surface area contributed by atoms with Crippen LogP contribution in [0, 0.1) is 0 Å². The van der Waals surface area contributed by atoms with Gasteiger partial charge in [-0.2, -0.15) is 0 Å². The standard InChI is InChI=1S/C25H30N2O5/c1-16(28)14-32-25(2,3)15-26-24(29)19-13-21(27-20-9-7-6-8-18(19)20)17-10-11-22(30-4)23(12-17)31-5/h6-13,16,28H,14-15H2,1-5H3,(H,26,29). The normalized spacial score (nSPS) is 12.4. The molecule has 1 aromatic heterocycles. The van der Waals surface area contributed by atoms with Crippen molar-refractivity contribution in [2.24, 2.45) is 0 Å². The molecule has 0 radical (unpaired) electrons. The Hall–Kier alpha value is -3.16. The lowest BCUT2D eigenvalue weighted by Crippen LogP contribution is -2.41. The van der Waals surface area contributed by atoms with Crippen LogP contribution in [-0.4, -0.2) is 55.1 Å². The summed E-state index contributed by atoms with van der Waals surface area (Å²) in [5.74, 6) is 0.983. The number of aliphatic hydroxyl groups excluding tert-OH is 1. The number of aliphatic hydroxyl groups is 1. The Morgan fingerprint density at radius 2 is 1.81 bits per heavy atom. The summed E-state index contributed by atoms with van der Waals surface area (Å²) in [4.78, 5) is 17.9. The van der Waals surface area contributed by atoms with Crippen molar-refractivity contribution in [3.63, 3.8) is 0 Å². The lowest BCUT2D eigenvalue weighted by atomic mass is 10.0. The molecule has 7 heteroatoms. The first-order valence-electron chi connectivity index (χ1n) is 10.5. The molecule has 7 nitrogen and oxygen atoms in total. The summed E-state index contributed by atoms with van der Waals surface area (Å²) in [5.41, 5.74) is 2.07. The van der Waals surface area contributed by atoms with Gasteiger partial charge in [-0.3, -0.25) is 4.79 Å². The first-order chi connectivity index (χ1) is 15.2.